The monoisotopic (exact) mass is 389 g/mol. The van der Waals surface area contributed by atoms with E-state index in [0.29, 0.717) is 17.5 Å². The number of benzene rings is 3. The topological polar surface area (TPSA) is 69.2 Å². The maximum Gasteiger partial charge on any atom is 0.257 e. The van der Waals surface area contributed by atoms with Crippen LogP contribution in [0.25, 0.3) is 10.9 Å². The quantitative estimate of drug-likeness (QED) is 0.536. The summed E-state index contributed by atoms with van der Waals surface area (Å²) in [5.74, 6) is -0.819. The number of phenolic OH excluding ortho intramolecular Hbond substituents is 1. The summed E-state index contributed by atoms with van der Waals surface area (Å²) >= 11 is 0. The van der Waals surface area contributed by atoms with E-state index in [1.807, 2.05) is 30.3 Å². The van der Waals surface area contributed by atoms with Crippen LogP contribution in [0.2, 0.25) is 0 Å². The van der Waals surface area contributed by atoms with Crippen molar-refractivity contribution in [2.75, 3.05) is 7.05 Å². The molecular formula is C23H20FN3O2. The van der Waals surface area contributed by atoms with E-state index in [2.05, 4.69) is 10.2 Å². The number of hydrogen-bond acceptors (Lipinski definition) is 3. The Morgan fingerprint density at radius 2 is 1.83 bits per heavy atom. The average molecular weight is 389 g/mol. The first-order valence-electron chi connectivity index (χ1n) is 9.25. The molecular weight excluding hydrogens is 369 g/mol. The lowest BCUT2D eigenvalue weighted by Crippen LogP contribution is -2.26. The lowest BCUT2D eigenvalue weighted by molar-refractivity contribution is 0.0782. The number of nitrogens with zero attached hydrogens (tertiary/aromatic N) is 2. The van der Waals surface area contributed by atoms with Crippen molar-refractivity contribution < 1.29 is 14.3 Å². The highest BCUT2D eigenvalue weighted by atomic mass is 19.1. The molecule has 0 aliphatic carbocycles. The number of aromatic hydroxyl groups is 1. The van der Waals surface area contributed by atoms with Crippen LogP contribution >= 0.6 is 0 Å². The van der Waals surface area contributed by atoms with E-state index < -0.39 is 0 Å². The van der Waals surface area contributed by atoms with E-state index in [-0.39, 0.29) is 29.6 Å². The first-order chi connectivity index (χ1) is 14.0. The molecule has 0 bridgehead atoms. The van der Waals surface area contributed by atoms with Crippen molar-refractivity contribution >= 4 is 16.8 Å². The normalized spacial score (nSPS) is 11.0. The van der Waals surface area contributed by atoms with Gasteiger partial charge in [0.05, 0.1) is 16.8 Å². The molecule has 0 atom stereocenters. The molecule has 146 valence electrons. The molecule has 0 spiro atoms. The molecule has 2 N–H and O–H groups in total. The Kier molecular flexibility index (Phi) is 4.99. The smallest absolute Gasteiger partial charge is 0.257 e. The van der Waals surface area contributed by atoms with Gasteiger partial charge in [0, 0.05) is 31.5 Å². The zero-order chi connectivity index (χ0) is 20.4. The molecule has 0 radical (unpaired) electrons. The van der Waals surface area contributed by atoms with E-state index >= 15 is 0 Å². The summed E-state index contributed by atoms with van der Waals surface area (Å²) in [6.45, 7) is 0.232. The maximum atomic E-state index is 13.4. The first kappa shape index (κ1) is 18.7. The third-order valence-corrected chi connectivity index (χ3v) is 4.86. The van der Waals surface area contributed by atoms with Crippen LogP contribution in [0.1, 0.15) is 27.2 Å². The molecule has 1 heterocycles. The molecule has 5 nitrogen and oxygen atoms in total. The summed E-state index contributed by atoms with van der Waals surface area (Å²) in [5, 5.41) is 18.4. The summed E-state index contributed by atoms with van der Waals surface area (Å²) in [5.41, 5.74) is 3.43. The number of carbonyl (C=O) groups excluding carboxylic acids is 1. The lowest BCUT2D eigenvalue weighted by atomic mass is 10.0. The minimum atomic E-state index is -0.350. The number of H-pyrrole nitrogens is 1. The molecule has 0 aliphatic rings. The Hall–Kier alpha value is -3.67. The van der Waals surface area contributed by atoms with Crippen LogP contribution in [-0.4, -0.2) is 33.2 Å². The number of nitrogens with one attached hydrogen (secondary N) is 1. The third kappa shape index (κ3) is 3.96. The SMILES string of the molecule is CN(Cc1cccc(F)c1)C(=O)c1cc2c(Cc3ccccc3)n[nH]c2cc1O. The number of hydrogen-bond donors (Lipinski definition) is 2. The highest BCUT2D eigenvalue weighted by molar-refractivity contribution is 6.01. The fourth-order valence-corrected chi connectivity index (χ4v) is 3.39. The number of aromatic amines is 1. The van der Waals surface area contributed by atoms with E-state index in [0.717, 1.165) is 16.6 Å². The zero-order valence-corrected chi connectivity index (χ0v) is 15.9. The molecule has 0 aliphatic heterocycles. The molecule has 4 rings (SSSR count). The molecule has 0 fully saturated rings. The van der Waals surface area contributed by atoms with Crippen LogP contribution in [0, 0.1) is 5.82 Å². The maximum absolute atomic E-state index is 13.4. The molecule has 3 aromatic carbocycles. The van der Waals surface area contributed by atoms with Gasteiger partial charge in [-0.05, 0) is 29.3 Å². The molecule has 6 heteroatoms. The van der Waals surface area contributed by atoms with Crippen molar-refractivity contribution in [1.82, 2.24) is 15.1 Å². The van der Waals surface area contributed by atoms with E-state index in [4.69, 9.17) is 0 Å². The van der Waals surface area contributed by atoms with Crippen LogP contribution in [0.5, 0.6) is 5.75 Å². The van der Waals surface area contributed by atoms with E-state index in [9.17, 15) is 14.3 Å². The van der Waals surface area contributed by atoms with Crippen LogP contribution in [-0.2, 0) is 13.0 Å². The molecule has 4 aromatic rings. The summed E-state index contributed by atoms with van der Waals surface area (Å²) in [6.07, 6.45) is 0.610. The van der Waals surface area contributed by atoms with Gasteiger partial charge in [0.1, 0.15) is 11.6 Å². The second-order valence-corrected chi connectivity index (χ2v) is 7.04. The van der Waals surface area contributed by atoms with Crippen molar-refractivity contribution in [2.45, 2.75) is 13.0 Å². The van der Waals surface area contributed by atoms with E-state index in [1.54, 1.807) is 25.2 Å². The molecule has 0 saturated carbocycles. The van der Waals surface area contributed by atoms with Gasteiger partial charge >= 0.3 is 0 Å². The van der Waals surface area contributed by atoms with Gasteiger partial charge in [-0.2, -0.15) is 5.10 Å². The van der Waals surface area contributed by atoms with Crippen molar-refractivity contribution in [2.24, 2.45) is 0 Å². The van der Waals surface area contributed by atoms with Crippen molar-refractivity contribution in [1.29, 1.82) is 0 Å². The highest BCUT2D eigenvalue weighted by Gasteiger charge is 2.19. The molecule has 29 heavy (non-hydrogen) atoms. The van der Waals surface area contributed by atoms with Gasteiger partial charge in [-0.15, -0.1) is 0 Å². The second kappa shape index (κ2) is 7.75. The van der Waals surface area contributed by atoms with Crippen molar-refractivity contribution in [3.05, 3.63) is 94.9 Å². The molecule has 1 amide bonds. The summed E-state index contributed by atoms with van der Waals surface area (Å²) in [4.78, 5) is 14.4. The van der Waals surface area contributed by atoms with Gasteiger partial charge in [0.15, 0.2) is 0 Å². The standard InChI is InChI=1S/C23H20FN3O2/c1-27(14-16-8-5-9-17(24)10-16)23(29)19-12-18-20(11-15-6-3-2-4-7-15)25-26-21(18)13-22(19)28/h2-10,12-13,28H,11,14H2,1H3,(H,25,26). The van der Waals surface area contributed by atoms with Crippen molar-refractivity contribution in [3.63, 3.8) is 0 Å². The number of phenols is 1. The second-order valence-electron chi connectivity index (χ2n) is 7.04. The number of amides is 1. The van der Waals surface area contributed by atoms with Gasteiger partial charge in [0.2, 0.25) is 0 Å². The Morgan fingerprint density at radius 3 is 2.59 bits per heavy atom. The lowest BCUT2D eigenvalue weighted by Gasteiger charge is -2.18. The van der Waals surface area contributed by atoms with Crippen molar-refractivity contribution in [3.8, 4) is 5.75 Å². The summed E-state index contributed by atoms with van der Waals surface area (Å²) in [7, 11) is 1.62. The van der Waals surface area contributed by atoms with Gasteiger partial charge in [-0.25, -0.2) is 4.39 Å². The number of aromatic nitrogens is 2. The van der Waals surface area contributed by atoms with Crippen LogP contribution in [0.4, 0.5) is 4.39 Å². The number of halogens is 1. The number of fused-ring (bicyclic) bond motifs is 1. The summed E-state index contributed by atoms with van der Waals surface area (Å²) in [6, 6.07) is 19.2. The van der Waals surface area contributed by atoms with Gasteiger partial charge < -0.3 is 10.0 Å². The Bertz CT molecular complexity index is 1170. The minimum absolute atomic E-state index is 0.122. The number of rotatable bonds is 5. The third-order valence-electron chi connectivity index (χ3n) is 4.86. The van der Waals surface area contributed by atoms with Crippen LogP contribution in [0.3, 0.4) is 0 Å². The highest BCUT2D eigenvalue weighted by Crippen LogP contribution is 2.28. The van der Waals surface area contributed by atoms with Gasteiger partial charge in [-0.3, -0.25) is 9.89 Å². The average Bonchev–Trinajstić information content (AvgIpc) is 3.09. The number of carbonyl (C=O) groups is 1. The molecule has 0 unspecified atom stereocenters. The van der Waals surface area contributed by atoms with Crippen LogP contribution in [0.15, 0.2) is 66.7 Å². The fourth-order valence-electron chi connectivity index (χ4n) is 3.39. The fraction of sp³-hybridized carbons (Fsp3) is 0.130. The summed E-state index contributed by atoms with van der Waals surface area (Å²) < 4.78 is 13.4. The Morgan fingerprint density at radius 1 is 1.07 bits per heavy atom. The van der Waals surface area contributed by atoms with Gasteiger partial charge in [0.25, 0.3) is 5.91 Å². The largest absolute Gasteiger partial charge is 0.507 e. The minimum Gasteiger partial charge on any atom is -0.507 e. The molecule has 1 aromatic heterocycles. The van der Waals surface area contributed by atoms with E-state index in [1.165, 1.54) is 23.1 Å². The van der Waals surface area contributed by atoms with Gasteiger partial charge in [-0.1, -0.05) is 42.5 Å². The Labute approximate surface area is 167 Å². The van der Waals surface area contributed by atoms with Crippen LogP contribution < -0.4 is 0 Å². The predicted octanol–water partition coefficient (Wildman–Crippen LogP) is 4.27. The first-order valence-corrected chi connectivity index (χ1v) is 9.25. The Balaban J connectivity index is 1.63. The molecule has 0 saturated heterocycles. The zero-order valence-electron chi connectivity index (χ0n) is 15.9. The predicted molar refractivity (Wildman–Crippen MR) is 109 cm³/mol.